The maximum absolute atomic E-state index is 14.0. The zero-order valence-corrected chi connectivity index (χ0v) is 13.4. The van der Waals surface area contributed by atoms with Crippen LogP contribution in [0.3, 0.4) is 0 Å². The molecule has 0 saturated heterocycles. The first-order valence-corrected chi connectivity index (χ1v) is 7.44. The van der Waals surface area contributed by atoms with Gasteiger partial charge in [0.15, 0.2) is 0 Å². The minimum Gasteiger partial charge on any atom is -0.492 e. The van der Waals surface area contributed by atoms with Crippen LogP contribution in [0.2, 0.25) is 0 Å². The molecule has 0 aliphatic carbocycles. The van der Waals surface area contributed by atoms with Gasteiger partial charge in [0.2, 0.25) is 0 Å². The van der Waals surface area contributed by atoms with Crippen LogP contribution in [-0.4, -0.2) is 6.61 Å². The van der Waals surface area contributed by atoms with Gasteiger partial charge >= 0.3 is 0 Å². The van der Waals surface area contributed by atoms with E-state index in [9.17, 15) is 8.78 Å². The summed E-state index contributed by atoms with van der Waals surface area (Å²) in [4.78, 5) is 0. The Morgan fingerprint density at radius 3 is 2.62 bits per heavy atom. The fourth-order valence-electron chi connectivity index (χ4n) is 2.05. The first-order chi connectivity index (χ1) is 10.0. The number of hydrogen-bond acceptors (Lipinski definition) is 2. The standard InChI is InChI=1S/C16H16BrF2NO/c1-3-21-16-9-12(18)5-7-15(16)20-10(2)13-6-4-11(17)8-14(13)19/h4-10,20H,3H2,1-2H3. The van der Waals surface area contributed by atoms with Crippen LogP contribution < -0.4 is 10.1 Å². The molecular weight excluding hydrogens is 340 g/mol. The molecule has 0 spiro atoms. The van der Waals surface area contributed by atoms with Crippen molar-refractivity contribution in [2.24, 2.45) is 0 Å². The molecule has 0 saturated carbocycles. The maximum Gasteiger partial charge on any atom is 0.145 e. The second-order valence-electron chi connectivity index (χ2n) is 4.61. The Balaban J connectivity index is 2.24. The molecule has 21 heavy (non-hydrogen) atoms. The minimum absolute atomic E-state index is 0.275. The molecule has 112 valence electrons. The van der Waals surface area contributed by atoms with Crippen molar-refractivity contribution in [3.8, 4) is 5.75 Å². The third-order valence-electron chi connectivity index (χ3n) is 3.04. The van der Waals surface area contributed by atoms with Gasteiger partial charge in [-0.3, -0.25) is 0 Å². The molecular formula is C16H16BrF2NO. The van der Waals surface area contributed by atoms with Gasteiger partial charge in [-0.15, -0.1) is 0 Å². The molecule has 2 rings (SSSR count). The molecule has 1 N–H and O–H groups in total. The molecule has 0 amide bonds. The molecule has 0 heterocycles. The smallest absolute Gasteiger partial charge is 0.145 e. The summed E-state index contributed by atoms with van der Waals surface area (Å²) in [5, 5.41) is 3.15. The quantitative estimate of drug-likeness (QED) is 0.785. The lowest BCUT2D eigenvalue weighted by atomic mass is 10.1. The van der Waals surface area contributed by atoms with Crippen molar-refractivity contribution >= 4 is 21.6 Å². The van der Waals surface area contributed by atoms with E-state index in [0.717, 1.165) is 0 Å². The van der Waals surface area contributed by atoms with Crippen LogP contribution in [-0.2, 0) is 0 Å². The fraction of sp³-hybridized carbons (Fsp3) is 0.250. The lowest BCUT2D eigenvalue weighted by Crippen LogP contribution is -2.10. The zero-order valence-electron chi connectivity index (χ0n) is 11.8. The van der Waals surface area contributed by atoms with Crippen LogP contribution in [0.15, 0.2) is 40.9 Å². The maximum atomic E-state index is 14.0. The molecule has 2 aromatic rings. The molecule has 1 unspecified atom stereocenters. The monoisotopic (exact) mass is 355 g/mol. The summed E-state index contributed by atoms with van der Waals surface area (Å²) in [5.41, 5.74) is 1.16. The normalized spacial score (nSPS) is 12.0. The van der Waals surface area contributed by atoms with Gasteiger partial charge in [0.25, 0.3) is 0 Å². The Kier molecular flexibility index (Phi) is 5.17. The van der Waals surface area contributed by atoms with E-state index in [-0.39, 0.29) is 17.7 Å². The molecule has 2 aromatic carbocycles. The number of ether oxygens (including phenoxy) is 1. The van der Waals surface area contributed by atoms with Crippen molar-refractivity contribution in [1.82, 2.24) is 0 Å². The van der Waals surface area contributed by atoms with Gasteiger partial charge < -0.3 is 10.1 Å². The Labute approximate surface area is 131 Å². The van der Waals surface area contributed by atoms with Gasteiger partial charge in [-0.2, -0.15) is 0 Å². The van der Waals surface area contributed by atoms with Gasteiger partial charge in [-0.1, -0.05) is 22.0 Å². The van der Waals surface area contributed by atoms with Crippen LogP contribution in [0.4, 0.5) is 14.5 Å². The number of benzene rings is 2. The molecule has 0 aromatic heterocycles. The number of anilines is 1. The van der Waals surface area contributed by atoms with Crippen LogP contribution in [0.25, 0.3) is 0 Å². The summed E-state index contributed by atoms with van der Waals surface area (Å²) in [5.74, 6) is -0.252. The Hall–Kier alpha value is -1.62. The molecule has 5 heteroatoms. The van der Waals surface area contributed by atoms with E-state index in [1.807, 2.05) is 13.8 Å². The Bertz CT molecular complexity index is 634. The van der Waals surface area contributed by atoms with E-state index >= 15 is 0 Å². The van der Waals surface area contributed by atoms with Gasteiger partial charge in [0.05, 0.1) is 18.3 Å². The van der Waals surface area contributed by atoms with Crippen molar-refractivity contribution in [3.63, 3.8) is 0 Å². The average molecular weight is 356 g/mol. The largest absolute Gasteiger partial charge is 0.492 e. The predicted octanol–water partition coefficient (Wildman–Crippen LogP) is 5.30. The number of rotatable bonds is 5. The molecule has 0 aliphatic rings. The summed E-state index contributed by atoms with van der Waals surface area (Å²) in [7, 11) is 0. The summed E-state index contributed by atoms with van der Waals surface area (Å²) >= 11 is 3.23. The van der Waals surface area contributed by atoms with E-state index in [1.54, 1.807) is 18.2 Å². The van der Waals surface area contributed by atoms with Gasteiger partial charge in [0, 0.05) is 16.1 Å². The highest BCUT2D eigenvalue weighted by atomic mass is 79.9. The number of nitrogens with one attached hydrogen (secondary N) is 1. The predicted molar refractivity (Wildman–Crippen MR) is 83.7 cm³/mol. The second kappa shape index (κ2) is 6.89. The highest BCUT2D eigenvalue weighted by molar-refractivity contribution is 9.10. The third kappa shape index (κ3) is 3.94. The Morgan fingerprint density at radius 1 is 1.19 bits per heavy atom. The van der Waals surface area contributed by atoms with Gasteiger partial charge in [-0.05, 0) is 38.1 Å². The van der Waals surface area contributed by atoms with E-state index in [4.69, 9.17) is 4.74 Å². The summed E-state index contributed by atoms with van der Waals surface area (Å²) < 4.78 is 33.3. The third-order valence-corrected chi connectivity index (χ3v) is 3.54. The molecule has 1 atom stereocenters. The zero-order chi connectivity index (χ0) is 15.4. The van der Waals surface area contributed by atoms with Crippen molar-refractivity contribution in [2.75, 3.05) is 11.9 Å². The lowest BCUT2D eigenvalue weighted by molar-refractivity contribution is 0.339. The summed E-state index contributed by atoms with van der Waals surface area (Å²) in [6.07, 6.45) is 0. The highest BCUT2D eigenvalue weighted by Gasteiger charge is 2.14. The first-order valence-electron chi connectivity index (χ1n) is 6.65. The van der Waals surface area contributed by atoms with E-state index in [1.165, 1.54) is 18.2 Å². The second-order valence-corrected chi connectivity index (χ2v) is 5.52. The van der Waals surface area contributed by atoms with Crippen LogP contribution in [0, 0.1) is 11.6 Å². The SMILES string of the molecule is CCOc1cc(F)ccc1NC(C)c1ccc(Br)cc1F. The van der Waals surface area contributed by atoms with Gasteiger partial charge in [-0.25, -0.2) is 8.78 Å². The minimum atomic E-state index is -0.369. The van der Waals surface area contributed by atoms with Gasteiger partial charge in [0.1, 0.15) is 17.4 Å². The van der Waals surface area contributed by atoms with Crippen molar-refractivity contribution in [2.45, 2.75) is 19.9 Å². The van der Waals surface area contributed by atoms with E-state index < -0.39 is 0 Å². The van der Waals surface area contributed by atoms with Crippen molar-refractivity contribution in [3.05, 3.63) is 58.1 Å². The van der Waals surface area contributed by atoms with Crippen LogP contribution in [0.1, 0.15) is 25.5 Å². The van der Waals surface area contributed by atoms with Crippen LogP contribution >= 0.6 is 15.9 Å². The van der Waals surface area contributed by atoms with Crippen LogP contribution in [0.5, 0.6) is 5.75 Å². The molecule has 0 radical (unpaired) electrons. The number of halogens is 3. The molecule has 2 nitrogen and oxygen atoms in total. The molecule has 0 fully saturated rings. The number of hydrogen-bond donors (Lipinski definition) is 1. The molecule has 0 aliphatic heterocycles. The highest BCUT2D eigenvalue weighted by Crippen LogP contribution is 2.30. The first kappa shape index (κ1) is 15.8. The lowest BCUT2D eigenvalue weighted by Gasteiger charge is -2.19. The van der Waals surface area contributed by atoms with Crippen molar-refractivity contribution < 1.29 is 13.5 Å². The fourth-order valence-corrected chi connectivity index (χ4v) is 2.39. The Morgan fingerprint density at radius 2 is 1.95 bits per heavy atom. The summed E-state index contributed by atoms with van der Waals surface area (Å²) in [6, 6.07) is 8.88. The van der Waals surface area contributed by atoms with E-state index in [2.05, 4.69) is 21.2 Å². The molecule has 0 bridgehead atoms. The topological polar surface area (TPSA) is 21.3 Å². The average Bonchev–Trinajstić information content (AvgIpc) is 2.42. The summed E-state index contributed by atoms with van der Waals surface area (Å²) in [6.45, 7) is 4.09. The van der Waals surface area contributed by atoms with E-state index in [0.29, 0.717) is 28.1 Å². The van der Waals surface area contributed by atoms with Crippen molar-refractivity contribution in [1.29, 1.82) is 0 Å².